The molecule has 0 spiro atoms. The number of nitrogens with one attached hydrogen (secondary N) is 1. The summed E-state index contributed by atoms with van der Waals surface area (Å²) in [6, 6.07) is 2.02. The zero-order valence-electron chi connectivity index (χ0n) is 7.90. The molecule has 0 saturated carbocycles. The molecular formula is C9H17N3O. The van der Waals surface area contributed by atoms with Crippen molar-refractivity contribution in [2.24, 2.45) is 5.73 Å². The Morgan fingerprint density at radius 2 is 2.46 bits per heavy atom. The number of nitrogens with zero attached hydrogens (tertiary/aromatic N) is 1. The van der Waals surface area contributed by atoms with Crippen LogP contribution in [-0.4, -0.2) is 41.2 Å². The first-order chi connectivity index (χ1) is 6.22. The average molecular weight is 183 g/mol. The van der Waals surface area contributed by atoms with Crippen LogP contribution < -0.4 is 5.73 Å². The summed E-state index contributed by atoms with van der Waals surface area (Å²) in [4.78, 5) is 5.03. The van der Waals surface area contributed by atoms with Crippen molar-refractivity contribution in [3.8, 4) is 0 Å². The van der Waals surface area contributed by atoms with E-state index in [4.69, 9.17) is 5.73 Å². The van der Waals surface area contributed by atoms with Crippen LogP contribution in [0, 0.1) is 0 Å². The Morgan fingerprint density at radius 3 is 3.00 bits per heavy atom. The van der Waals surface area contributed by atoms with Crippen molar-refractivity contribution in [2.75, 3.05) is 20.1 Å². The summed E-state index contributed by atoms with van der Waals surface area (Å²) in [5.74, 6) is 0. The van der Waals surface area contributed by atoms with Gasteiger partial charge in [-0.15, -0.1) is 0 Å². The van der Waals surface area contributed by atoms with Crippen molar-refractivity contribution in [3.05, 3.63) is 24.0 Å². The van der Waals surface area contributed by atoms with Gasteiger partial charge in [-0.3, -0.25) is 4.90 Å². The fraction of sp³-hybridized carbons (Fsp3) is 0.556. The molecule has 0 amide bonds. The van der Waals surface area contributed by atoms with Gasteiger partial charge < -0.3 is 15.8 Å². The number of aliphatic hydroxyl groups excluding tert-OH is 1. The lowest BCUT2D eigenvalue weighted by Gasteiger charge is -2.18. The first-order valence-electron chi connectivity index (χ1n) is 4.40. The summed E-state index contributed by atoms with van der Waals surface area (Å²) in [6.45, 7) is 1.76. The number of aliphatic hydroxyl groups is 1. The number of likely N-dealkylation sites (N-methyl/N-ethyl adjacent to an activating group) is 1. The number of aromatic nitrogens is 1. The van der Waals surface area contributed by atoms with Gasteiger partial charge >= 0.3 is 0 Å². The molecule has 0 aliphatic carbocycles. The van der Waals surface area contributed by atoms with Crippen molar-refractivity contribution < 1.29 is 5.11 Å². The first-order valence-corrected chi connectivity index (χ1v) is 4.40. The highest BCUT2D eigenvalue weighted by molar-refractivity contribution is 5.07. The Morgan fingerprint density at radius 1 is 1.69 bits per heavy atom. The third-order valence-corrected chi connectivity index (χ3v) is 1.91. The minimum Gasteiger partial charge on any atom is -0.390 e. The van der Waals surface area contributed by atoms with E-state index in [9.17, 15) is 5.11 Å². The quantitative estimate of drug-likeness (QED) is 0.590. The van der Waals surface area contributed by atoms with Gasteiger partial charge in [-0.2, -0.15) is 0 Å². The summed E-state index contributed by atoms with van der Waals surface area (Å²) in [5, 5.41) is 9.28. The van der Waals surface area contributed by atoms with Crippen LogP contribution in [0.1, 0.15) is 5.56 Å². The lowest BCUT2D eigenvalue weighted by molar-refractivity contribution is 0.129. The molecule has 1 aromatic heterocycles. The van der Waals surface area contributed by atoms with Crippen molar-refractivity contribution >= 4 is 0 Å². The van der Waals surface area contributed by atoms with Crippen LogP contribution in [0.5, 0.6) is 0 Å². The molecular weight excluding hydrogens is 166 g/mol. The second kappa shape index (κ2) is 5.01. The standard InChI is InChI=1S/C9H17N3O/c1-12(7-9(13)4-10)6-8-2-3-11-5-8/h2-3,5,9,11,13H,4,6-7,10H2,1H3. The summed E-state index contributed by atoms with van der Waals surface area (Å²) in [6.07, 6.45) is 3.41. The first kappa shape index (κ1) is 10.2. The van der Waals surface area contributed by atoms with E-state index in [-0.39, 0.29) is 0 Å². The Labute approximate surface area is 78.4 Å². The van der Waals surface area contributed by atoms with Gasteiger partial charge in [-0.1, -0.05) is 0 Å². The molecule has 1 rings (SSSR count). The molecule has 0 fully saturated rings. The maximum absolute atomic E-state index is 9.28. The van der Waals surface area contributed by atoms with E-state index < -0.39 is 6.10 Å². The van der Waals surface area contributed by atoms with Gasteiger partial charge in [-0.05, 0) is 18.7 Å². The number of hydrogen-bond donors (Lipinski definition) is 3. The molecule has 4 N–H and O–H groups in total. The van der Waals surface area contributed by atoms with Crippen LogP contribution in [0.15, 0.2) is 18.5 Å². The van der Waals surface area contributed by atoms with E-state index in [0.717, 1.165) is 6.54 Å². The molecule has 0 aliphatic heterocycles. The van der Waals surface area contributed by atoms with Crippen LogP contribution in [0.25, 0.3) is 0 Å². The minimum atomic E-state index is -0.427. The molecule has 0 aliphatic rings. The molecule has 0 aromatic carbocycles. The van der Waals surface area contributed by atoms with Crippen molar-refractivity contribution in [3.63, 3.8) is 0 Å². The number of rotatable bonds is 5. The molecule has 1 heterocycles. The molecule has 1 atom stereocenters. The van der Waals surface area contributed by atoms with E-state index in [1.807, 2.05) is 30.4 Å². The molecule has 4 heteroatoms. The number of H-pyrrole nitrogens is 1. The average Bonchev–Trinajstić information content (AvgIpc) is 2.56. The van der Waals surface area contributed by atoms with E-state index in [1.165, 1.54) is 5.56 Å². The van der Waals surface area contributed by atoms with Gasteiger partial charge in [0.2, 0.25) is 0 Å². The van der Waals surface area contributed by atoms with E-state index >= 15 is 0 Å². The van der Waals surface area contributed by atoms with Gasteiger partial charge in [-0.25, -0.2) is 0 Å². The fourth-order valence-electron chi connectivity index (χ4n) is 1.27. The Balaban J connectivity index is 2.29. The van der Waals surface area contributed by atoms with Crippen LogP contribution in [0.2, 0.25) is 0 Å². The Kier molecular flexibility index (Phi) is 3.95. The van der Waals surface area contributed by atoms with Gasteiger partial charge in [0.1, 0.15) is 0 Å². The summed E-state index contributed by atoms with van der Waals surface area (Å²) in [7, 11) is 1.96. The molecule has 13 heavy (non-hydrogen) atoms. The fourth-order valence-corrected chi connectivity index (χ4v) is 1.27. The molecule has 0 radical (unpaired) electrons. The lowest BCUT2D eigenvalue weighted by Crippen LogP contribution is -2.33. The Bertz CT molecular complexity index is 223. The van der Waals surface area contributed by atoms with Crippen LogP contribution in [0.4, 0.5) is 0 Å². The highest BCUT2D eigenvalue weighted by Crippen LogP contribution is 2.01. The Hall–Kier alpha value is -0.840. The number of aromatic amines is 1. The lowest BCUT2D eigenvalue weighted by atomic mass is 10.3. The maximum Gasteiger partial charge on any atom is 0.0789 e. The van der Waals surface area contributed by atoms with Gasteiger partial charge in [0.05, 0.1) is 6.10 Å². The van der Waals surface area contributed by atoms with Crippen molar-refractivity contribution in [1.82, 2.24) is 9.88 Å². The highest BCUT2D eigenvalue weighted by Gasteiger charge is 2.06. The topological polar surface area (TPSA) is 65.3 Å². The van der Waals surface area contributed by atoms with Crippen LogP contribution in [-0.2, 0) is 6.54 Å². The third kappa shape index (κ3) is 3.59. The predicted octanol–water partition coefficient (Wildman–Crippen LogP) is -0.234. The second-order valence-corrected chi connectivity index (χ2v) is 3.31. The third-order valence-electron chi connectivity index (χ3n) is 1.91. The molecule has 4 nitrogen and oxygen atoms in total. The molecule has 1 aromatic rings. The van der Waals surface area contributed by atoms with E-state index in [1.54, 1.807) is 0 Å². The second-order valence-electron chi connectivity index (χ2n) is 3.31. The number of nitrogens with two attached hydrogens (primary N) is 1. The monoisotopic (exact) mass is 183 g/mol. The molecule has 0 saturated heterocycles. The highest BCUT2D eigenvalue weighted by atomic mass is 16.3. The molecule has 74 valence electrons. The smallest absolute Gasteiger partial charge is 0.0789 e. The number of hydrogen-bond acceptors (Lipinski definition) is 3. The van der Waals surface area contributed by atoms with Crippen LogP contribution >= 0.6 is 0 Å². The van der Waals surface area contributed by atoms with Crippen LogP contribution in [0.3, 0.4) is 0 Å². The van der Waals surface area contributed by atoms with E-state index in [2.05, 4.69) is 4.98 Å². The summed E-state index contributed by atoms with van der Waals surface area (Å²) < 4.78 is 0. The van der Waals surface area contributed by atoms with Gasteiger partial charge in [0.15, 0.2) is 0 Å². The van der Waals surface area contributed by atoms with Gasteiger partial charge in [0, 0.05) is 32.0 Å². The minimum absolute atomic E-state index is 0.317. The van der Waals surface area contributed by atoms with E-state index in [0.29, 0.717) is 13.1 Å². The summed E-state index contributed by atoms with van der Waals surface area (Å²) >= 11 is 0. The molecule has 1 unspecified atom stereocenters. The maximum atomic E-state index is 9.28. The van der Waals surface area contributed by atoms with Gasteiger partial charge in [0.25, 0.3) is 0 Å². The van der Waals surface area contributed by atoms with Crippen molar-refractivity contribution in [1.29, 1.82) is 0 Å². The molecule has 0 bridgehead atoms. The zero-order chi connectivity index (χ0) is 9.68. The SMILES string of the molecule is CN(Cc1cc[nH]c1)CC(O)CN. The summed E-state index contributed by atoms with van der Waals surface area (Å²) in [5.41, 5.74) is 6.53. The zero-order valence-corrected chi connectivity index (χ0v) is 7.90. The van der Waals surface area contributed by atoms with Crippen molar-refractivity contribution in [2.45, 2.75) is 12.6 Å². The largest absolute Gasteiger partial charge is 0.390 e. The normalized spacial score (nSPS) is 13.5. The predicted molar refractivity (Wildman–Crippen MR) is 52.2 cm³/mol.